The lowest BCUT2D eigenvalue weighted by atomic mass is 10.0. The highest BCUT2D eigenvalue weighted by molar-refractivity contribution is 6.17. The van der Waals surface area contributed by atoms with Gasteiger partial charge in [0.15, 0.2) is 0 Å². The lowest BCUT2D eigenvalue weighted by Crippen LogP contribution is -2.20. The molecule has 0 radical (unpaired) electrons. The van der Waals surface area contributed by atoms with E-state index >= 15 is 0 Å². The fraction of sp³-hybridized carbons (Fsp3) is 0.833. The maximum Gasteiger partial charge on any atom is 0.148 e. The second kappa shape index (κ2) is 3.71. The maximum atomic E-state index is 9.03. The summed E-state index contributed by atoms with van der Waals surface area (Å²) < 4.78 is 0. The van der Waals surface area contributed by atoms with Crippen LogP contribution in [0.2, 0.25) is 0 Å². The van der Waals surface area contributed by atoms with Gasteiger partial charge in [0, 0.05) is 5.88 Å². The first kappa shape index (κ1) is 8.74. The van der Waals surface area contributed by atoms with E-state index in [1.165, 1.54) is 6.92 Å². The van der Waals surface area contributed by atoms with E-state index in [0.29, 0.717) is 18.7 Å². The van der Waals surface area contributed by atoms with Crippen LogP contribution in [0.4, 0.5) is 0 Å². The zero-order chi connectivity index (χ0) is 7.33. The molecule has 3 heteroatoms. The molecule has 0 aromatic heterocycles. The number of hydrogen-bond acceptors (Lipinski definition) is 2. The number of aliphatic hydroxyl groups is 1. The summed E-state index contributed by atoms with van der Waals surface area (Å²) in [6, 6.07) is 1.77. The predicted octanol–water partition coefficient (Wildman–Crippen LogP) is 1.28. The molecular weight excluding hydrogens is 138 g/mol. The van der Waals surface area contributed by atoms with E-state index in [9.17, 15) is 0 Å². The van der Waals surface area contributed by atoms with Crippen LogP contribution in [0.5, 0.6) is 0 Å². The first-order valence-electron chi connectivity index (χ1n) is 2.82. The average molecular weight is 148 g/mol. The zero-order valence-corrected chi connectivity index (χ0v) is 6.15. The number of hydrogen-bond donors (Lipinski definition) is 1. The van der Waals surface area contributed by atoms with Crippen LogP contribution in [0.25, 0.3) is 0 Å². The summed E-state index contributed by atoms with van der Waals surface area (Å²) in [5.41, 5.74) is -1.19. The third-order valence-electron chi connectivity index (χ3n) is 1.04. The Hall–Kier alpha value is -0.260. The molecule has 0 aromatic rings. The number of halogens is 1. The molecule has 2 nitrogen and oxygen atoms in total. The first-order chi connectivity index (χ1) is 4.12. The van der Waals surface area contributed by atoms with Crippen LogP contribution in [0.3, 0.4) is 0 Å². The SMILES string of the molecule is C[C@](O)(C#N)CCCCl. The van der Waals surface area contributed by atoms with Gasteiger partial charge in [0.05, 0.1) is 6.07 Å². The summed E-state index contributed by atoms with van der Waals surface area (Å²) in [5.74, 6) is 0.498. The lowest BCUT2D eigenvalue weighted by molar-refractivity contribution is 0.109. The molecule has 0 saturated carbocycles. The van der Waals surface area contributed by atoms with E-state index in [-0.39, 0.29) is 0 Å². The second-order valence-electron chi connectivity index (χ2n) is 2.18. The highest BCUT2D eigenvalue weighted by Crippen LogP contribution is 2.10. The Balaban J connectivity index is 3.49. The fourth-order valence-electron chi connectivity index (χ4n) is 0.467. The third kappa shape index (κ3) is 4.26. The van der Waals surface area contributed by atoms with Gasteiger partial charge in [-0.25, -0.2) is 0 Å². The van der Waals surface area contributed by atoms with Crippen molar-refractivity contribution in [3.05, 3.63) is 0 Å². The summed E-state index contributed by atoms with van der Waals surface area (Å²) >= 11 is 5.34. The van der Waals surface area contributed by atoms with Crippen LogP contribution >= 0.6 is 11.6 Å². The molecular formula is C6H10ClNO. The van der Waals surface area contributed by atoms with Gasteiger partial charge in [0.2, 0.25) is 0 Å². The Kier molecular flexibility index (Phi) is 3.60. The highest BCUT2D eigenvalue weighted by Gasteiger charge is 2.17. The van der Waals surface area contributed by atoms with Crippen molar-refractivity contribution in [2.45, 2.75) is 25.4 Å². The molecule has 0 fully saturated rings. The molecule has 0 rings (SSSR count). The van der Waals surface area contributed by atoms with Crippen LogP contribution in [0, 0.1) is 11.3 Å². The molecule has 0 aromatic carbocycles. The van der Waals surface area contributed by atoms with Gasteiger partial charge >= 0.3 is 0 Å². The zero-order valence-electron chi connectivity index (χ0n) is 5.39. The molecule has 0 unspecified atom stereocenters. The molecule has 0 aliphatic carbocycles. The average Bonchev–Trinajstić information content (AvgIpc) is 1.84. The smallest absolute Gasteiger partial charge is 0.148 e. The minimum atomic E-state index is -1.19. The van der Waals surface area contributed by atoms with Crippen LogP contribution < -0.4 is 0 Å². The summed E-state index contributed by atoms with van der Waals surface area (Å²) in [5, 5.41) is 17.3. The summed E-state index contributed by atoms with van der Waals surface area (Å²) in [6.45, 7) is 1.49. The maximum absolute atomic E-state index is 9.03. The molecule has 0 amide bonds. The number of nitriles is 1. The molecule has 0 aliphatic heterocycles. The largest absolute Gasteiger partial charge is 0.376 e. The molecule has 0 spiro atoms. The van der Waals surface area contributed by atoms with Crippen LogP contribution in [-0.4, -0.2) is 16.6 Å². The Morgan fingerprint density at radius 1 is 1.78 bits per heavy atom. The number of rotatable bonds is 3. The van der Waals surface area contributed by atoms with Crippen LogP contribution in [-0.2, 0) is 0 Å². The van der Waals surface area contributed by atoms with Crippen molar-refractivity contribution in [1.29, 1.82) is 5.26 Å². The number of alkyl halides is 1. The van der Waals surface area contributed by atoms with Gasteiger partial charge in [-0.15, -0.1) is 11.6 Å². The van der Waals surface area contributed by atoms with Crippen LogP contribution in [0.15, 0.2) is 0 Å². The topological polar surface area (TPSA) is 44.0 Å². The van der Waals surface area contributed by atoms with Gasteiger partial charge in [-0.3, -0.25) is 0 Å². The Morgan fingerprint density at radius 3 is 2.67 bits per heavy atom. The molecule has 1 N–H and O–H groups in total. The van der Waals surface area contributed by atoms with E-state index in [0.717, 1.165) is 0 Å². The summed E-state index contributed by atoms with van der Waals surface area (Å²) in [7, 11) is 0. The molecule has 0 aliphatic rings. The standard InChI is InChI=1S/C6H10ClNO/c1-6(9,5-8)3-2-4-7/h9H,2-4H2,1H3/t6-/m1/s1. The minimum Gasteiger partial charge on any atom is -0.376 e. The van der Waals surface area contributed by atoms with Gasteiger partial charge < -0.3 is 5.11 Å². The highest BCUT2D eigenvalue weighted by atomic mass is 35.5. The minimum absolute atomic E-state index is 0.451. The Bertz CT molecular complexity index is 117. The number of nitrogens with zero attached hydrogens (tertiary/aromatic N) is 1. The van der Waals surface area contributed by atoms with Crippen molar-refractivity contribution >= 4 is 11.6 Å². The van der Waals surface area contributed by atoms with E-state index in [1.54, 1.807) is 6.07 Å². The first-order valence-corrected chi connectivity index (χ1v) is 3.35. The Labute approximate surface area is 60.1 Å². The van der Waals surface area contributed by atoms with Crippen molar-refractivity contribution in [2.24, 2.45) is 0 Å². The van der Waals surface area contributed by atoms with Crippen molar-refractivity contribution in [3.8, 4) is 6.07 Å². The van der Waals surface area contributed by atoms with Crippen LogP contribution in [0.1, 0.15) is 19.8 Å². The van der Waals surface area contributed by atoms with Crippen molar-refractivity contribution in [2.75, 3.05) is 5.88 Å². The fourth-order valence-corrected chi connectivity index (χ4v) is 0.601. The molecule has 0 bridgehead atoms. The van der Waals surface area contributed by atoms with Gasteiger partial charge in [-0.2, -0.15) is 5.26 Å². The Morgan fingerprint density at radius 2 is 2.33 bits per heavy atom. The van der Waals surface area contributed by atoms with E-state index in [1.807, 2.05) is 0 Å². The molecule has 9 heavy (non-hydrogen) atoms. The van der Waals surface area contributed by atoms with Gasteiger partial charge in [0.1, 0.15) is 5.60 Å². The van der Waals surface area contributed by atoms with E-state index in [4.69, 9.17) is 22.0 Å². The van der Waals surface area contributed by atoms with E-state index in [2.05, 4.69) is 0 Å². The monoisotopic (exact) mass is 147 g/mol. The van der Waals surface area contributed by atoms with Gasteiger partial charge in [-0.1, -0.05) is 0 Å². The second-order valence-corrected chi connectivity index (χ2v) is 2.56. The quantitative estimate of drug-likeness (QED) is 0.483. The van der Waals surface area contributed by atoms with Crippen molar-refractivity contribution in [3.63, 3.8) is 0 Å². The molecule has 52 valence electrons. The van der Waals surface area contributed by atoms with Crippen molar-refractivity contribution in [1.82, 2.24) is 0 Å². The normalized spacial score (nSPS) is 16.2. The van der Waals surface area contributed by atoms with Gasteiger partial charge in [0.25, 0.3) is 0 Å². The third-order valence-corrected chi connectivity index (χ3v) is 1.31. The molecule has 1 atom stereocenters. The summed E-state index contributed by atoms with van der Waals surface area (Å²) in [6.07, 6.45) is 1.13. The summed E-state index contributed by atoms with van der Waals surface area (Å²) in [4.78, 5) is 0. The molecule has 0 heterocycles. The van der Waals surface area contributed by atoms with E-state index < -0.39 is 5.60 Å². The lowest BCUT2D eigenvalue weighted by Gasteiger charge is -2.11. The van der Waals surface area contributed by atoms with Gasteiger partial charge in [-0.05, 0) is 19.8 Å². The predicted molar refractivity (Wildman–Crippen MR) is 36.2 cm³/mol. The molecule has 0 saturated heterocycles. The van der Waals surface area contributed by atoms with Crippen molar-refractivity contribution < 1.29 is 5.11 Å².